The number of nitrogens with one attached hydrogen (secondary N) is 1. The molecule has 1 aliphatic heterocycles. The molecule has 7 heteroatoms. The van der Waals surface area contributed by atoms with Gasteiger partial charge in [0.25, 0.3) is 5.91 Å². The summed E-state index contributed by atoms with van der Waals surface area (Å²) in [5.41, 5.74) is 2.01. The van der Waals surface area contributed by atoms with E-state index in [1.807, 2.05) is 31.2 Å². The van der Waals surface area contributed by atoms with Gasteiger partial charge in [0.15, 0.2) is 5.76 Å². The molecule has 1 aliphatic rings. The summed E-state index contributed by atoms with van der Waals surface area (Å²) in [4.78, 5) is 31.7. The number of rotatable bonds is 5. The number of likely N-dealkylation sites (tertiary alicyclic amines) is 1. The van der Waals surface area contributed by atoms with Crippen LogP contribution in [0.15, 0.2) is 47.1 Å². The number of imidazole rings is 1. The van der Waals surface area contributed by atoms with Crippen LogP contribution in [0, 0.1) is 6.92 Å². The van der Waals surface area contributed by atoms with Crippen LogP contribution >= 0.6 is 0 Å². The first-order valence-electron chi connectivity index (χ1n) is 9.69. The average Bonchev–Trinajstić information content (AvgIpc) is 3.36. The van der Waals surface area contributed by atoms with Crippen LogP contribution in [0.4, 0.5) is 0 Å². The summed E-state index contributed by atoms with van der Waals surface area (Å²) in [5, 5.41) is 3.00. The summed E-state index contributed by atoms with van der Waals surface area (Å²) in [6, 6.07) is 10.8. The van der Waals surface area contributed by atoms with Crippen molar-refractivity contribution in [2.24, 2.45) is 0 Å². The monoisotopic (exact) mass is 380 g/mol. The summed E-state index contributed by atoms with van der Waals surface area (Å²) in [5.74, 6) is 0.867. The molecule has 0 aliphatic carbocycles. The highest BCUT2D eigenvalue weighted by molar-refractivity contribution is 5.95. The minimum absolute atomic E-state index is 0.110. The quantitative estimate of drug-likeness (QED) is 0.738. The molecule has 4 rings (SSSR count). The smallest absolute Gasteiger partial charge is 0.290 e. The Morgan fingerprint density at radius 1 is 1.21 bits per heavy atom. The first-order valence-corrected chi connectivity index (χ1v) is 9.69. The zero-order valence-corrected chi connectivity index (χ0v) is 15.9. The molecule has 28 heavy (non-hydrogen) atoms. The number of hydrogen-bond donors (Lipinski definition) is 1. The van der Waals surface area contributed by atoms with Crippen LogP contribution in [0.3, 0.4) is 0 Å². The number of carbonyl (C=O) groups excluding carboxylic acids is 2. The number of aromatic nitrogens is 2. The highest BCUT2D eigenvalue weighted by Crippen LogP contribution is 2.20. The lowest BCUT2D eigenvalue weighted by atomic mass is 10.0. The second kappa shape index (κ2) is 7.88. The third-order valence-corrected chi connectivity index (χ3v) is 5.28. The molecular weight excluding hydrogens is 356 g/mol. The van der Waals surface area contributed by atoms with Crippen molar-refractivity contribution in [2.45, 2.75) is 38.8 Å². The number of carbonyl (C=O) groups is 2. The standard InChI is InChI=1S/C21H24N4O3/c1-15-23-16-7-2-3-8-17(16)24(15)13-11-22-20(26)18-9-4-5-12-25(18)21(27)19-10-6-14-28-19/h2-3,6-8,10,14,18H,4-5,9,11-13H2,1H3,(H,22,26). The van der Waals surface area contributed by atoms with Crippen molar-refractivity contribution in [1.82, 2.24) is 19.8 Å². The van der Waals surface area contributed by atoms with E-state index in [2.05, 4.69) is 14.9 Å². The largest absolute Gasteiger partial charge is 0.459 e. The summed E-state index contributed by atoms with van der Waals surface area (Å²) in [7, 11) is 0. The molecule has 1 saturated heterocycles. The zero-order chi connectivity index (χ0) is 19.5. The molecule has 1 atom stereocenters. The molecule has 3 aromatic rings. The zero-order valence-electron chi connectivity index (χ0n) is 15.9. The predicted molar refractivity (Wildman–Crippen MR) is 105 cm³/mol. The van der Waals surface area contributed by atoms with Crippen LogP contribution in [0.5, 0.6) is 0 Å². The van der Waals surface area contributed by atoms with Gasteiger partial charge in [0.1, 0.15) is 11.9 Å². The lowest BCUT2D eigenvalue weighted by molar-refractivity contribution is -0.126. The fourth-order valence-electron chi connectivity index (χ4n) is 3.88. The first-order chi connectivity index (χ1) is 13.6. The molecule has 7 nitrogen and oxygen atoms in total. The summed E-state index contributed by atoms with van der Waals surface area (Å²) in [6.07, 6.45) is 3.98. The Bertz CT molecular complexity index is 977. The average molecular weight is 380 g/mol. The third kappa shape index (κ3) is 3.52. The van der Waals surface area contributed by atoms with E-state index >= 15 is 0 Å². The van der Waals surface area contributed by atoms with Gasteiger partial charge in [0.2, 0.25) is 5.91 Å². The molecular formula is C21H24N4O3. The number of aryl methyl sites for hydroxylation is 1. The molecule has 2 amide bonds. The van der Waals surface area contributed by atoms with Crippen LogP contribution in [-0.4, -0.2) is 45.4 Å². The lowest BCUT2D eigenvalue weighted by Crippen LogP contribution is -2.52. The fourth-order valence-corrected chi connectivity index (χ4v) is 3.88. The maximum atomic E-state index is 12.8. The molecule has 2 aromatic heterocycles. The Balaban J connectivity index is 1.40. The number of benzene rings is 1. The maximum Gasteiger partial charge on any atom is 0.290 e. The van der Waals surface area contributed by atoms with Gasteiger partial charge in [-0.3, -0.25) is 9.59 Å². The van der Waals surface area contributed by atoms with Crippen LogP contribution < -0.4 is 5.32 Å². The van der Waals surface area contributed by atoms with Crippen LogP contribution in [-0.2, 0) is 11.3 Å². The van der Waals surface area contributed by atoms with Gasteiger partial charge in [-0.05, 0) is 50.5 Å². The van der Waals surface area contributed by atoms with Crippen LogP contribution in [0.1, 0.15) is 35.6 Å². The highest BCUT2D eigenvalue weighted by Gasteiger charge is 2.33. The number of hydrogen-bond acceptors (Lipinski definition) is 4. The van der Waals surface area contributed by atoms with Crippen molar-refractivity contribution >= 4 is 22.8 Å². The maximum absolute atomic E-state index is 12.8. The Labute approximate surface area is 163 Å². The van der Waals surface area contributed by atoms with Gasteiger partial charge in [-0.15, -0.1) is 0 Å². The van der Waals surface area contributed by atoms with Crippen molar-refractivity contribution in [1.29, 1.82) is 0 Å². The van der Waals surface area contributed by atoms with Crippen molar-refractivity contribution in [3.05, 3.63) is 54.2 Å². The molecule has 0 saturated carbocycles. The van der Waals surface area contributed by atoms with E-state index in [0.717, 1.165) is 29.7 Å². The van der Waals surface area contributed by atoms with Crippen molar-refractivity contribution < 1.29 is 14.0 Å². The van der Waals surface area contributed by atoms with E-state index in [0.29, 0.717) is 26.1 Å². The van der Waals surface area contributed by atoms with Crippen LogP contribution in [0.25, 0.3) is 11.0 Å². The number of nitrogens with zero attached hydrogens (tertiary/aromatic N) is 3. The van der Waals surface area contributed by atoms with Gasteiger partial charge in [-0.2, -0.15) is 0 Å². The molecule has 1 N–H and O–H groups in total. The topological polar surface area (TPSA) is 80.4 Å². The van der Waals surface area contributed by atoms with Gasteiger partial charge < -0.3 is 19.2 Å². The van der Waals surface area contributed by atoms with Gasteiger partial charge in [0, 0.05) is 19.6 Å². The van der Waals surface area contributed by atoms with E-state index < -0.39 is 6.04 Å². The van der Waals surface area contributed by atoms with E-state index in [1.165, 1.54) is 6.26 Å². The van der Waals surface area contributed by atoms with Crippen molar-refractivity contribution in [3.63, 3.8) is 0 Å². The second-order valence-corrected chi connectivity index (χ2v) is 7.08. The molecule has 146 valence electrons. The summed E-state index contributed by atoms with van der Waals surface area (Å²) in [6.45, 7) is 3.66. The minimum atomic E-state index is -0.452. The molecule has 1 aromatic carbocycles. The molecule has 0 radical (unpaired) electrons. The minimum Gasteiger partial charge on any atom is -0.459 e. The number of amides is 2. The van der Waals surface area contributed by atoms with Crippen LogP contribution in [0.2, 0.25) is 0 Å². The fraction of sp³-hybridized carbons (Fsp3) is 0.381. The molecule has 3 heterocycles. The second-order valence-electron chi connectivity index (χ2n) is 7.08. The molecule has 1 fully saturated rings. The normalized spacial score (nSPS) is 17.0. The summed E-state index contributed by atoms with van der Waals surface area (Å²) >= 11 is 0. The van der Waals surface area contributed by atoms with E-state index in [1.54, 1.807) is 17.0 Å². The summed E-state index contributed by atoms with van der Waals surface area (Å²) < 4.78 is 7.33. The van der Waals surface area contributed by atoms with E-state index in [4.69, 9.17) is 4.42 Å². The first kappa shape index (κ1) is 18.3. The molecule has 1 unspecified atom stereocenters. The number of para-hydroxylation sites is 2. The Kier molecular flexibility index (Phi) is 5.14. The lowest BCUT2D eigenvalue weighted by Gasteiger charge is -2.34. The Morgan fingerprint density at radius 3 is 2.89 bits per heavy atom. The van der Waals surface area contributed by atoms with Gasteiger partial charge in [-0.1, -0.05) is 12.1 Å². The number of piperidine rings is 1. The van der Waals surface area contributed by atoms with E-state index in [9.17, 15) is 9.59 Å². The highest BCUT2D eigenvalue weighted by atomic mass is 16.3. The number of furan rings is 1. The molecule has 0 bridgehead atoms. The van der Waals surface area contributed by atoms with Crippen molar-refractivity contribution in [3.8, 4) is 0 Å². The SMILES string of the molecule is Cc1nc2ccccc2n1CCNC(=O)C1CCCCN1C(=O)c1ccco1. The number of fused-ring (bicyclic) bond motifs is 1. The van der Waals surface area contributed by atoms with Gasteiger partial charge >= 0.3 is 0 Å². The third-order valence-electron chi connectivity index (χ3n) is 5.28. The molecule has 0 spiro atoms. The predicted octanol–water partition coefficient (Wildman–Crippen LogP) is 2.75. The van der Waals surface area contributed by atoms with E-state index in [-0.39, 0.29) is 17.6 Å². The van der Waals surface area contributed by atoms with Gasteiger partial charge in [-0.25, -0.2) is 4.98 Å². The Hall–Kier alpha value is -3.09. The van der Waals surface area contributed by atoms with Crippen molar-refractivity contribution in [2.75, 3.05) is 13.1 Å². The van der Waals surface area contributed by atoms with Gasteiger partial charge in [0.05, 0.1) is 17.3 Å². The Morgan fingerprint density at radius 2 is 2.07 bits per heavy atom.